The number of fused-ring (bicyclic) bond motifs is 1. The van der Waals surface area contributed by atoms with Crippen molar-refractivity contribution >= 4 is 17.5 Å². The Bertz CT molecular complexity index is 1160. The average molecular weight is 538 g/mol. The topological polar surface area (TPSA) is 69.6 Å². The van der Waals surface area contributed by atoms with Crippen molar-refractivity contribution in [1.29, 1.82) is 0 Å². The van der Waals surface area contributed by atoms with E-state index in [4.69, 9.17) is 0 Å². The minimum Gasteiger partial charge on any atom is -0.334 e. The highest BCUT2D eigenvalue weighted by molar-refractivity contribution is 5.96. The van der Waals surface area contributed by atoms with Gasteiger partial charge in [-0.15, -0.1) is 0 Å². The van der Waals surface area contributed by atoms with Crippen LogP contribution in [-0.2, 0) is 11.3 Å². The fourth-order valence-electron chi connectivity index (χ4n) is 5.39. The second kappa shape index (κ2) is 13.0. The van der Waals surface area contributed by atoms with E-state index in [0.717, 1.165) is 51.1 Å². The van der Waals surface area contributed by atoms with Gasteiger partial charge < -0.3 is 14.7 Å². The summed E-state index contributed by atoms with van der Waals surface area (Å²) >= 11 is 0. The normalized spacial score (nSPS) is 17.6. The molecule has 0 saturated heterocycles. The number of carbonyl (C=O) groups excluding carboxylic acids is 2. The van der Waals surface area contributed by atoms with Crippen LogP contribution in [-0.4, -0.2) is 64.3 Å². The molecular formula is C31H44FN5O2. The number of carbonyl (C=O) groups is 2. The van der Waals surface area contributed by atoms with Crippen LogP contribution in [0.15, 0.2) is 24.4 Å². The third-order valence-corrected chi connectivity index (χ3v) is 7.42. The van der Waals surface area contributed by atoms with Gasteiger partial charge in [-0.25, -0.2) is 14.4 Å². The highest BCUT2D eigenvalue weighted by Crippen LogP contribution is 2.38. The zero-order valence-corrected chi connectivity index (χ0v) is 24.3. The quantitative estimate of drug-likeness (QED) is 0.482. The van der Waals surface area contributed by atoms with Crippen molar-refractivity contribution in [3.8, 4) is 0 Å². The maximum Gasteiger partial charge on any atom is 0.257 e. The lowest BCUT2D eigenvalue weighted by Crippen LogP contribution is -2.40. The zero-order chi connectivity index (χ0) is 28.1. The van der Waals surface area contributed by atoms with E-state index in [1.807, 2.05) is 25.7 Å². The van der Waals surface area contributed by atoms with Gasteiger partial charge in [-0.2, -0.15) is 0 Å². The van der Waals surface area contributed by atoms with Crippen LogP contribution in [0.2, 0.25) is 0 Å². The first-order chi connectivity index (χ1) is 18.6. The Morgan fingerprint density at radius 3 is 2.38 bits per heavy atom. The Labute approximate surface area is 232 Å². The van der Waals surface area contributed by atoms with Gasteiger partial charge in [-0.3, -0.25) is 9.59 Å². The number of rotatable bonds is 6. The predicted octanol–water partition coefficient (Wildman–Crippen LogP) is 5.57. The zero-order valence-electron chi connectivity index (χ0n) is 24.3. The standard InChI is InChI=1S/C31H44FN5O2/c1-21(2)16-29(38)37-15-7-13-35(19-22(3)4)12-6-14-36(20-25-17-26(32)10-11-28(25)37)31(39)27-18-33-30(24-8-9-24)34-23(27)5/h10-11,17-18,21-22,24H,6-9,12-16,19-20H2,1-5H3. The number of hydrogen-bond acceptors (Lipinski definition) is 5. The fraction of sp³-hybridized carbons (Fsp3) is 0.613. The van der Waals surface area contributed by atoms with Crippen molar-refractivity contribution in [2.75, 3.05) is 37.6 Å². The molecule has 1 fully saturated rings. The molecule has 0 unspecified atom stereocenters. The van der Waals surface area contributed by atoms with E-state index < -0.39 is 0 Å². The molecule has 2 heterocycles. The lowest BCUT2D eigenvalue weighted by Gasteiger charge is -2.32. The summed E-state index contributed by atoms with van der Waals surface area (Å²) in [5, 5.41) is 0. The van der Waals surface area contributed by atoms with Gasteiger partial charge in [0.1, 0.15) is 11.6 Å². The number of anilines is 1. The van der Waals surface area contributed by atoms with E-state index >= 15 is 0 Å². The first-order valence-electron chi connectivity index (χ1n) is 14.6. The Morgan fingerprint density at radius 1 is 1.03 bits per heavy atom. The molecule has 8 heteroatoms. The number of hydrogen-bond donors (Lipinski definition) is 0. The minimum absolute atomic E-state index is 0.0307. The predicted molar refractivity (Wildman–Crippen MR) is 152 cm³/mol. The SMILES string of the molecule is Cc1nc(C2CC2)ncc1C(=O)N1CCCN(CC(C)C)CCCN(C(=O)CC(C)C)c2ccc(F)cc2C1. The van der Waals surface area contributed by atoms with E-state index in [0.29, 0.717) is 53.9 Å². The van der Waals surface area contributed by atoms with Gasteiger partial charge in [-0.05, 0) is 81.3 Å². The first-order valence-corrected chi connectivity index (χ1v) is 14.6. The largest absolute Gasteiger partial charge is 0.334 e. The van der Waals surface area contributed by atoms with Gasteiger partial charge in [0.25, 0.3) is 5.91 Å². The van der Waals surface area contributed by atoms with Crippen LogP contribution in [0.5, 0.6) is 0 Å². The maximum absolute atomic E-state index is 14.6. The second-order valence-electron chi connectivity index (χ2n) is 12.0. The molecule has 2 aromatic rings. The van der Waals surface area contributed by atoms with Crippen LogP contribution in [0, 0.1) is 24.6 Å². The summed E-state index contributed by atoms with van der Waals surface area (Å²) in [6.45, 7) is 14.3. The smallest absolute Gasteiger partial charge is 0.257 e. The van der Waals surface area contributed by atoms with Crippen molar-refractivity contribution in [2.45, 2.75) is 79.2 Å². The van der Waals surface area contributed by atoms with Crippen LogP contribution in [0.4, 0.5) is 10.1 Å². The summed E-state index contributed by atoms with van der Waals surface area (Å²) in [5.41, 5.74) is 2.50. The summed E-state index contributed by atoms with van der Waals surface area (Å²) < 4.78 is 14.6. The first kappa shape index (κ1) is 29.1. The summed E-state index contributed by atoms with van der Waals surface area (Å²) in [7, 11) is 0. The van der Waals surface area contributed by atoms with Crippen molar-refractivity contribution in [2.24, 2.45) is 11.8 Å². The number of benzene rings is 1. The van der Waals surface area contributed by atoms with Crippen LogP contribution in [0.3, 0.4) is 0 Å². The number of halogens is 1. The summed E-state index contributed by atoms with van der Waals surface area (Å²) in [5.74, 6) is 1.45. The molecule has 0 bridgehead atoms. The highest BCUT2D eigenvalue weighted by atomic mass is 19.1. The Hall–Kier alpha value is -2.87. The number of aryl methyl sites for hydroxylation is 1. The van der Waals surface area contributed by atoms with Crippen LogP contribution >= 0.6 is 0 Å². The van der Waals surface area contributed by atoms with Crippen molar-refractivity contribution in [1.82, 2.24) is 19.8 Å². The van der Waals surface area contributed by atoms with E-state index in [1.54, 1.807) is 17.2 Å². The molecule has 2 amide bonds. The van der Waals surface area contributed by atoms with E-state index in [-0.39, 0.29) is 30.1 Å². The summed E-state index contributed by atoms with van der Waals surface area (Å²) in [6, 6.07) is 4.58. The maximum atomic E-state index is 14.6. The average Bonchev–Trinajstić information content (AvgIpc) is 3.70. The third-order valence-electron chi connectivity index (χ3n) is 7.42. The molecule has 7 nitrogen and oxygen atoms in total. The molecule has 0 atom stereocenters. The molecule has 2 aliphatic rings. The molecule has 1 aromatic carbocycles. The van der Waals surface area contributed by atoms with Gasteiger partial charge >= 0.3 is 0 Å². The molecule has 39 heavy (non-hydrogen) atoms. The monoisotopic (exact) mass is 537 g/mol. The van der Waals surface area contributed by atoms with Gasteiger partial charge in [0.2, 0.25) is 5.91 Å². The fourth-order valence-corrected chi connectivity index (χ4v) is 5.39. The molecule has 0 spiro atoms. The van der Waals surface area contributed by atoms with Crippen molar-refractivity contribution in [3.63, 3.8) is 0 Å². The lowest BCUT2D eigenvalue weighted by atomic mass is 10.1. The Kier molecular flexibility index (Phi) is 9.70. The highest BCUT2D eigenvalue weighted by Gasteiger charge is 2.29. The van der Waals surface area contributed by atoms with E-state index in [2.05, 4.69) is 28.7 Å². The molecule has 0 N–H and O–H groups in total. The van der Waals surface area contributed by atoms with E-state index in [9.17, 15) is 14.0 Å². The number of aromatic nitrogens is 2. The van der Waals surface area contributed by atoms with Crippen molar-refractivity contribution < 1.29 is 14.0 Å². The molecule has 1 aliphatic heterocycles. The minimum atomic E-state index is -0.374. The Balaban J connectivity index is 1.69. The number of amides is 2. The van der Waals surface area contributed by atoms with Gasteiger partial charge in [0.15, 0.2) is 0 Å². The molecular weight excluding hydrogens is 493 g/mol. The second-order valence-corrected chi connectivity index (χ2v) is 12.0. The molecule has 4 rings (SSSR count). The Morgan fingerprint density at radius 2 is 1.74 bits per heavy atom. The van der Waals surface area contributed by atoms with Gasteiger partial charge in [-0.1, -0.05) is 27.7 Å². The van der Waals surface area contributed by atoms with Crippen LogP contribution in [0.1, 0.15) is 93.2 Å². The summed E-state index contributed by atoms with van der Waals surface area (Å²) in [4.78, 5) is 42.5. The lowest BCUT2D eigenvalue weighted by molar-refractivity contribution is -0.119. The molecule has 1 aliphatic carbocycles. The van der Waals surface area contributed by atoms with E-state index in [1.165, 1.54) is 12.1 Å². The third kappa shape index (κ3) is 7.84. The van der Waals surface area contributed by atoms with Crippen molar-refractivity contribution in [3.05, 3.63) is 52.9 Å². The summed E-state index contributed by atoms with van der Waals surface area (Å²) in [6.07, 6.45) is 5.91. The van der Waals surface area contributed by atoms with Crippen LogP contribution in [0.25, 0.3) is 0 Å². The van der Waals surface area contributed by atoms with Gasteiger partial charge in [0, 0.05) is 50.4 Å². The number of nitrogens with zero attached hydrogens (tertiary/aromatic N) is 5. The molecule has 1 saturated carbocycles. The molecule has 1 aromatic heterocycles. The van der Waals surface area contributed by atoms with Gasteiger partial charge in [0.05, 0.1) is 11.3 Å². The molecule has 212 valence electrons. The molecule has 0 radical (unpaired) electrons. The van der Waals surface area contributed by atoms with Crippen LogP contribution < -0.4 is 4.90 Å².